The van der Waals surface area contributed by atoms with Gasteiger partial charge in [-0.3, -0.25) is 14.6 Å². The predicted molar refractivity (Wildman–Crippen MR) is 93.3 cm³/mol. The van der Waals surface area contributed by atoms with E-state index in [0.717, 1.165) is 38.5 Å². The molecule has 0 spiro atoms. The van der Waals surface area contributed by atoms with Crippen LogP contribution in [0.1, 0.15) is 18.2 Å². The van der Waals surface area contributed by atoms with Crippen LogP contribution in [0.2, 0.25) is 0 Å². The third-order valence-electron chi connectivity index (χ3n) is 4.60. The Kier molecular flexibility index (Phi) is 5.67. The lowest BCUT2D eigenvalue weighted by Gasteiger charge is -2.37. The average Bonchev–Trinajstić information content (AvgIpc) is 3.14. The van der Waals surface area contributed by atoms with Crippen LogP contribution < -0.4 is 5.32 Å². The smallest absolute Gasteiger partial charge is 0.237 e. The molecular formula is C19H25N3O2. The Bertz CT molecular complexity index is 619. The molecule has 1 aliphatic rings. The Morgan fingerprint density at radius 1 is 1.12 bits per heavy atom. The first-order valence-electron chi connectivity index (χ1n) is 8.53. The Labute approximate surface area is 143 Å². The van der Waals surface area contributed by atoms with Crippen molar-refractivity contribution in [2.24, 2.45) is 0 Å². The Morgan fingerprint density at radius 2 is 1.88 bits per heavy atom. The van der Waals surface area contributed by atoms with Gasteiger partial charge in [0.25, 0.3) is 0 Å². The lowest BCUT2D eigenvalue weighted by Crippen LogP contribution is -2.53. The number of nitrogens with one attached hydrogen (secondary N) is 1. The highest BCUT2D eigenvalue weighted by Gasteiger charge is 2.25. The molecule has 1 atom stereocenters. The second-order valence-corrected chi connectivity index (χ2v) is 6.27. The summed E-state index contributed by atoms with van der Waals surface area (Å²) in [6, 6.07) is 14.1. The van der Waals surface area contributed by atoms with Crippen LogP contribution in [0.5, 0.6) is 0 Å². The topological polar surface area (TPSA) is 48.7 Å². The summed E-state index contributed by atoms with van der Waals surface area (Å²) >= 11 is 0. The van der Waals surface area contributed by atoms with Crippen LogP contribution in [0.3, 0.4) is 0 Å². The number of rotatable bonds is 6. The van der Waals surface area contributed by atoms with E-state index in [1.165, 1.54) is 5.56 Å². The molecule has 2 aromatic rings. The summed E-state index contributed by atoms with van der Waals surface area (Å²) < 4.78 is 5.24. The molecule has 0 aliphatic carbocycles. The van der Waals surface area contributed by atoms with Crippen molar-refractivity contribution >= 4 is 5.91 Å². The second kappa shape index (κ2) is 8.13. The first kappa shape index (κ1) is 16.7. The maximum Gasteiger partial charge on any atom is 0.237 e. The Morgan fingerprint density at radius 3 is 2.54 bits per heavy atom. The third kappa shape index (κ3) is 4.46. The van der Waals surface area contributed by atoms with Crippen LogP contribution in [0, 0.1) is 0 Å². The highest BCUT2D eigenvalue weighted by atomic mass is 16.3. The number of amides is 1. The Hall–Kier alpha value is -2.11. The van der Waals surface area contributed by atoms with Crippen LogP contribution >= 0.6 is 0 Å². The van der Waals surface area contributed by atoms with Crippen LogP contribution in [-0.2, 0) is 17.9 Å². The molecule has 0 radical (unpaired) electrons. The molecule has 24 heavy (non-hydrogen) atoms. The zero-order valence-corrected chi connectivity index (χ0v) is 14.1. The molecule has 0 bridgehead atoms. The number of carbonyl (C=O) groups is 1. The minimum atomic E-state index is -0.112. The summed E-state index contributed by atoms with van der Waals surface area (Å²) in [6.45, 7) is 7.22. The molecule has 1 aliphatic heterocycles. The summed E-state index contributed by atoms with van der Waals surface area (Å²) in [5.41, 5.74) is 1.34. The van der Waals surface area contributed by atoms with Gasteiger partial charge in [0.15, 0.2) is 0 Å². The fourth-order valence-corrected chi connectivity index (χ4v) is 3.05. The molecule has 1 unspecified atom stereocenters. The fourth-order valence-electron chi connectivity index (χ4n) is 3.05. The van der Waals surface area contributed by atoms with Gasteiger partial charge in [-0.25, -0.2) is 0 Å². The van der Waals surface area contributed by atoms with Crippen molar-refractivity contribution in [2.45, 2.75) is 26.1 Å². The monoisotopic (exact) mass is 327 g/mol. The summed E-state index contributed by atoms with van der Waals surface area (Å²) in [5.74, 6) is 0.839. The van der Waals surface area contributed by atoms with Gasteiger partial charge in [-0.05, 0) is 24.6 Å². The quantitative estimate of drug-likeness (QED) is 0.883. The standard InChI is InChI=1S/C19H25N3O2/c1-16(19(23)20-14-18-8-5-13-24-18)22-11-9-21(10-12-22)15-17-6-3-2-4-7-17/h2-8,13,16H,9-12,14-15H2,1H3,(H,20,23). The molecule has 1 aromatic heterocycles. The minimum absolute atomic E-state index is 0.0582. The SMILES string of the molecule is CC(C(=O)NCc1ccco1)N1CCN(Cc2ccccc2)CC1. The average molecular weight is 327 g/mol. The normalized spacial score (nSPS) is 17.5. The predicted octanol–water partition coefficient (Wildman–Crippen LogP) is 2.10. The van der Waals surface area contributed by atoms with Gasteiger partial charge in [0.2, 0.25) is 5.91 Å². The van der Waals surface area contributed by atoms with Crippen molar-refractivity contribution in [3.63, 3.8) is 0 Å². The maximum atomic E-state index is 12.3. The zero-order valence-electron chi connectivity index (χ0n) is 14.1. The van der Waals surface area contributed by atoms with Crippen molar-refractivity contribution in [3.05, 3.63) is 60.1 Å². The molecular weight excluding hydrogens is 302 g/mol. The van der Waals surface area contributed by atoms with E-state index in [-0.39, 0.29) is 11.9 Å². The van der Waals surface area contributed by atoms with Gasteiger partial charge < -0.3 is 9.73 Å². The molecule has 1 amide bonds. The van der Waals surface area contributed by atoms with Gasteiger partial charge in [-0.15, -0.1) is 0 Å². The summed E-state index contributed by atoms with van der Waals surface area (Å²) in [7, 11) is 0. The molecule has 3 rings (SSSR count). The zero-order chi connectivity index (χ0) is 16.8. The van der Waals surface area contributed by atoms with Crippen LogP contribution in [-0.4, -0.2) is 47.9 Å². The van der Waals surface area contributed by atoms with E-state index in [9.17, 15) is 4.79 Å². The Balaban J connectivity index is 1.42. The fraction of sp³-hybridized carbons (Fsp3) is 0.421. The molecule has 5 heteroatoms. The van der Waals surface area contributed by atoms with Crippen molar-refractivity contribution in [3.8, 4) is 0 Å². The van der Waals surface area contributed by atoms with Crippen molar-refractivity contribution < 1.29 is 9.21 Å². The lowest BCUT2D eigenvalue weighted by molar-refractivity contribution is -0.126. The lowest BCUT2D eigenvalue weighted by atomic mass is 10.1. The second-order valence-electron chi connectivity index (χ2n) is 6.27. The van der Waals surface area contributed by atoms with Gasteiger partial charge in [-0.1, -0.05) is 30.3 Å². The van der Waals surface area contributed by atoms with E-state index in [0.29, 0.717) is 6.54 Å². The first-order valence-corrected chi connectivity index (χ1v) is 8.53. The molecule has 5 nitrogen and oxygen atoms in total. The molecule has 128 valence electrons. The number of piperazine rings is 1. The number of furan rings is 1. The van der Waals surface area contributed by atoms with Crippen molar-refractivity contribution in [1.82, 2.24) is 15.1 Å². The molecule has 1 aromatic carbocycles. The molecule has 1 saturated heterocycles. The van der Waals surface area contributed by atoms with Crippen molar-refractivity contribution in [1.29, 1.82) is 0 Å². The van der Waals surface area contributed by atoms with E-state index in [1.54, 1.807) is 6.26 Å². The summed E-state index contributed by atoms with van der Waals surface area (Å²) in [5, 5.41) is 2.95. The van der Waals surface area contributed by atoms with Crippen LogP contribution in [0.25, 0.3) is 0 Å². The van der Waals surface area contributed by atoms with E-state index in [1.807, 2.05) is 25.1 Å². The van der Waals surface area contributed by atoms with Crippen LogP contribution in [0.15, 0.2) is 53.1 Å². The molecule has 1 fully saturated rings. The molecule has 2 heterocycles. The van der Waals surface area contributed by atoms with E-state index in [2.05, 4.69) is 39.4 Å². The van der Waals surface area contributed by atoms with Crippen molar-refractivity contribution in [2.75, 3.05) is 26.2 Å². The van der Waals surface area contributed by atoms with E-state index >= 15 is 0 Å². The number of hydrogen-bond acceptors (Lipinski definition) is 4. The third-order valence-corrected chi connectivity index (χ3v) is 4.60. The van der Waals surface area contributed by atoms with Gasteiger partial charge in [-0.2, -0.15) is 0 Å². The number of nitrogens with zero attached hydrogens (tertiary/aromatic N) is 2. The molecule has 0 saturated carbocycles. The summed E-state index contributed by atoms with van der Waals surface area (Å²) in [4.78, 5) is 17.0. The number of benzene rings is 1. The summed E-state index contributed by atoms with van der Waals surface area (Å²) in [6.07, 6.45) is 1.62. The van der Waals surface area contributed by atoms with Crippen LogP contribution in [0.4, 0.5) is 0 Å². The number of carbonyl (C=O) groups excluding carboxylic acids is 1. The number of hydrogen-bond donors (Lipinski definition) is 1. The molecule has 1 N–H and O–H groups in total. The van der Waals surface area contributed by atoms with E-state index in [4.69, 9.17) is 4.42 Å². The minimum Gasteiger partial charge on any atom is -0.467 e. The van der Waals surface area contributed by atoms with Gasteiger partial charge in [0.1, 0.15) is 5.76 Å². The first-order chi connectivity index (χ1) is 11.7. The van der Waals surface area contributed by atoms with Gasteiger partial charge in [0, 0.05) is 32.7 Å². The van der Waals surface area contributed by atoms with Gasteiger partial charge in [0.05, 0.1) is 18.8 Å². The highest BCUT2D eigenvalue weighted by molar-refractivity contribution is 5.81. The highest BCUT2D eigenvalue weighted by Crippen LogP contribution is 2.11. The maximum absolute atomic E-state index is 12.3. The largest absolute Gasteiger partial charge is 0.467 e. The van der Waals surface area contributed by atoms with E-state index < -0.39 is 0 Å². The van der Waals surface area contributed by atoms with Gasteiger partial charge >= 0.3 is 0 Å².